The molecule has 2 aromatic carbocycles. The fourth-order valence-electron chi connectivity index (χ4n) is 3.77. The Morgan fingerprint density at radius 3 is 1.26 bits per heavy atom. The van der Waals surface area contributed by atoms with E-state index in [1.807, 2.05) is 50.5 Å². The molecular weight excluding hydrogens is 516 g/mol. The van der Waals surface area contributed by atoms with Crippen LogP contribution in [0.3, 0.4) is 0 Å². The molecule has 0 atom stereocenters. The van der Waals surface area contributed by atoms with Gasteiger partial charge in [0.15, 0.2) is 0 Å². The Morgan fingerprint density at radius 1 is 0.619 bits per heavy atom. The van der Waals surface area contributed by atoms with Crippen molar-refractivity contribution in [3.8, 4) is 60.0 Å². The minimum atomic E-state index is 0.623. The molecule has 0 unspecified atom stereocenters. The van der Waals surface area contributed by atoms with Gasteiger partial charge >= 0.3 is 0 Å². The zero-order chi connectivity index (χ0) is 31.3. The van der Waals surface area contributed by atoms with Gasteiger partial charge in [0.25, 0.3) is 0 Å². The summed E-state index contributed by atoms with van der Waals surface area (Å²) in [6, 6.07) is 16.5. The van der Waals surface area contributed by atoms with Crippen molar-refractivity contribution >= 4 is 0 Å². The number of aromatic nitrogens is 4. The number of hydrogen-bond acceptors (Lipinski definition) is 4. The fraction of sp³-hybridized carbons (Fsp3) is 0.333. The Labute approximate surface area is 253 Å². The first-order valence-corrected chi connectivity index (χ1v) is 14.3. The van der Waals surface area contributed by atoms with Crippen molar-refractivity contribution in [1.82, 2.24) is 30.6 Å². The van der Waals surface area contributed by atoms with Gasteiger partial charge < -0.3 is 20.6 Å². The van der Waals surface area contributed by atoms with Crippen LogP contribution in [0, 0.1) is 49.4 Å². The number of imidazole rings is 2. The average molecular weight is 563 g/mol. The number of hydrogen-bond donors (Lipinski definition) is 4. The van der Waals surface area contributed by atoms with E-state index in [-0.39, 0.29) is 0 Å². The predicted octanol–water partition coefficient (Wildman–Crippen LogP) is 6.88. The first kappa shape index (κ1) is 35.5. The van der Waals surface area contributed by atoms with E-state index < -0.39 is 0 Å². The van der Waals surface area contributed by atoms with Crippen LogP contribution in [0.4, 0.5) is 0 Å². The molecule has 0 amide bonds. The third kappa shape index (κ3) is 12.3. The number of aromatic amines is 2. The van der Waals surface area contributed by atoms with Crippen molar-refractivity contribution < 1.29 is 0 Å². The second kappa shape index (κ2) is 20.4. The third-order valence-corrected chi connectivity index (χ3v) is 5.69. The van der Waals surface area contributed by atoms with E-state index in [0.717, 1.165) is 71.5 Å². The zero-order valence-corrected chi connectivity index (χ0v) is 26.0. The fourth-order valence-corrected chi connectivity index (χ4v) is 3.77. The van der Waals surface area contributed by atoms with Crippen molar-refractivity contribution in [1.29, 1.82) is 0 Å². The van der Waals surface area contributed by atoms with E-state index in [4.69, 9.17) is 0 Å². The van der Waals surface area contributed by atoms with Gasteiger partial charge in [-0.2, -0.15) is 0 Å². The van der Waals surface area contributed by atoms with Gasteiger partial charge in [0.05, 0.1) is 36.9 Å². The maximum Gasteiger partial charge on any atom is 0.120 e. The number of nitrogens with one attached hydrogen (secondary N) is 4. The van der Waals surface area contributed by atoms with Crippen LogP contribution in [-0.4, -0.2) is 33.0 Å². The summed E-state index contributed by atoms with van der Waals surface area (Å²) in [5.74, 6) is 9.68. The van der Waals surface area contributed by atoms with E-state index in [1.54, 1.807) is 0 Å². The second-order valence-electron chi connectivity index (χ2n) is 9.94. The van der Waals surface area contributed by atoms with Gasteiger partial charge in [-0.25, -0.2) is 9.97 Å². The molecule has 4 N–H and O–H groups in total. The lowest BCUT2D eigenvalue weighted by molar-refractivity contribution is 0.544. The largest absolute Gasteiger partial charge is 0.341 e. The molecule has 4 rings (SSSR count). The summed E-state index contributed by atoms with van der Waals surface area (Å²) in [5, 5.41) is 6.82. The maximum atomic E-state index is 4.48. The Bertz CT molecular complexity index is 1270. The normalized spacial score (nSPS) is 9.81. The first-order valence-electron chi connectivity index (χ1n) is 14.3. The highest BCUT2D eigenvalue weighted by molar-refractivity contribution is 5.62. The van der Waals surface area contributed by atoms with E-state index in [2.05, 4.69) is 120 Å². The van der Waals surface area contributed by atoms with E-state index in [9.17, 15) is 0 Å². The monoisotopic (exact) mass is 562 g/mol. The Morgan fingerprint density at radius 2 is 0.952 bits per heavy atom. The smallest absolute Gasteiger partial charge is 0.120 e. The third-order valence-electron chi connectivity index (χ3n) is 5.69. The first-order chi connectivity index (χ1) is 20.5. The molecule has 0 aliphatic carbocycles. The SMILES string of the molecule is C#C.C#C.CC.CC(C)CNCc1ncc(-c2ccc(C#Cc3ccc(-c4cnc(CNCC(C)C)[nH]4)cc3)cc2)[nH]1. The van der Waals surface area contributed by atoms with Gasteiger partial charge in [-0.1, -0.05) is 77.6 Å². The number of nitrogens with zero attached hydrogens (tertiary/aromatic N) is 2. The van der Waals surface area contributed by atoms with Crippen LogP contribution in [0.1, 0.15) is 64.3 Å². The van der Waals surface area contributed by atoms with Crippen LogP contribution in [0.2, 0.25) is 0 Å². The number of rotatable bonds is 10. The molecular formula is C36H46N6. The van der Waals surface area contributed by atoms with Crippen molar-refractivity contribution in [3.63, 3.8) is 0 Å². The van der Waals surface area contributed by atoms with E-state index in [1.165, 1.54) is 0 Å². The van der Waals surface area contributed by atoms with Gasteiger partial charge in [-0.3, -0.25) is 0 Å². The molecule has 0 aliphatic heterocycles. The summed E-state index contributed by atoms with van der Waals surface area (Å²) in [6.45, 7) is 16.2. The van der Waals surface area contributed by atoms with Crippen molar-refractivity contribution in [2.24, 2.45) is 11.8 Å². The standard InChI is InChI=1S/C30H36N6.C2H6.2C2H2/c1-21(2)15-31-19-29-33-17-27(35-29)25-11-7-23(8-12-25)5-6-24-9-13-26(14-10-24)28-18-34-30(36-28)20-32-16-22(3)4;3*1-2/h7-14,17-18,21-22,31-32H,15-16,19-20H2,1-4H3,(H,33,35)(H,34,36);1-2H3;2*1-2H. The molecule has 42 heavy (non-hydrogen) atoms. The van der Waals surface area contributed by atoms with Gasteiger partial charge in [-0.15, -0.1) is 25.7 Å². The molecule has 220 valence electrons. The van der Waals surface area contributed by atoms with Crippen LogP contribution >= 0.6 is 0 Å². The van der Waals surface area contributed by atoms with E-state index >= 15 is 0 Å². The molecule has 4 aromatic rings. The highest BCUT2D eigenvalue weighted by Crippen LogP contribution is 2.19. The molecule has 2 heterocycles. The molecule has 0 spiro atoms. The predicted molar refractivity (Wildman–Crippen MR) is 178 cm³/mol. The van der Waals surface area contributed by atoms with Crippen molar-refractivity contribution in [2.45, 2.75) is 54.6 Å². The zero-order valence-electron chi connectivity index (χ0n) is 26.0. The summed E-state index contributed by atoms with van der Waals surface area (Å²) in [6.07, 6.45) is 19.8. The van der Waals surface area contributed by atoms with Crippen LogP contribution in [0.5, 0.6) is 0 Å². The van der Waals surface area contributed by atoms with Crippen molar-refractivity contribution in [2.75, 3.05) is 13.1 Å². The van der Waals surface area contributed by atoms with E-state index in [0.29, 0.717) is 11.8 Å². The summed E-state index contributed by atoms with van der Waals surface area (Å²) in [5.41, 5.74) is 6.20. The quantitative estimate of drug-likeness (QED) is 0.159. The highest BCUT2D eigenvalue weighted by Gasteiger charge is 2.05. The molecule has 0 radical (unpaired) electrons. The highest BCUT2D eigenvalue weighted by atomic mass is 15.0. The summed E-state index contributed by atoms with van der Waals surface area (Å²) < 4.78 is 0. The van der Waals surface area contributed by atoms with Gasteiger partial charge in [0.1, 0.15) is 11.6 Å². The number of terminal acetylenes is 2. The maximum absolute atomic E-state index is 4.48. The Kier molecular flexibility index (Phi) is 17.2. The second-order valence-corrected chi connectivity index (χ2v) is 9.94. The molecule has 0 saturated heterocycles. The summed E-state index contributed by atoms with van der Waals surface area (Å²) >= 11 is 0. The minimum Gasteiger partial charge on any atom is -0.341 e. The minimum absolute atomic E-state index is 0.623. The van der Waals surface area contributed by atoms with Crippen molar-refractivity contribution in [3.05, 3.63) is 83.7 Å². The van der Waals surface area contributed by atoms with Crippen LogP contribution in [-0.2, 0) is 13.1 Å². The lowest BCUT2D eigenvalue weighted by Crippen LogP contribution is -2.19. The van der Waals surface area contributed by atoms with Crippen LogP contribution < -0.4 is 10.6 Å². The number of benzene rings is 2. The molecule has 6 heteroatoms. The molecule has 0 bridgehead atoms. The molecule has 6 nitrogen and oxygen atoms in total. The Hall–Kier alpha value is -4.54. The Balaban J connectivity index is 0.00000138. The topological polar surface area (TPSA) is 81.4 Å². The average Bonchev–Trinajstić information content (AvgIpc) is 3.70. The summed E-state index contributed by atoms with van der Waals surface area (Å²) in [4.78, 5) is 15.8. The van der Waals surface area contributed by atoms with Crippen LogP contribution in [0.15, 0.2) is 60.9 Å². The molecule has 2 aromatic heterocycles. The molecule has 0 fully saturated rings. The number of H-pyrrole nitrogens is 2. The van der Waals surface area contributed by atoms with Crippen LogP contribution in [0.25, 0.3) is 22.5 Å². The molecule has 0 saturated carbocycles. The van der Waals surface area contributed by atoms with Gasteiger partial charge in [0.2, 0.25) is 0 Å². The van der Waals surface area contributed by atoms with Gasteiger partial charge in [-0.05, 0) is 60.3 Å². The lowest BCUT2D eigenvalue weighted by Gasteiger charge is -2.05. The van der Waals surface area contributed by atoms with Gasteiger partial charge in [0, 0.05) is 11.1 Å². The lowest BCUT2D eigenvalue weighted by atomic mass is 10.1. The summed E-state index contributed by atoms with van der Waals surface area (Å²) in [7, 11) is 0. The molecule has 0 aliphatic rings.